The van der Waals surface area contributed by atoms with E-state index in [2.05, 4.69) is 5.32 Å². The summed E-state index contributed by atoms with van der Waals surface area (Å²) < 4.78 is 12.9. The van der Waals surface area contributed by atoms with Gasteiger partial charge in [0.15, 0.2) is 0 Å². The highest BCUT2D eigenvalue weighted by atomic mass is 19.1. The van der Waals surface area contributed by atoms with Gasteiger partial charge < -0.3 is 10.4 Å². The van der Waals surface area contributed by atoms with Crippen molar-refractivity contribution in [3.8, 4) is 0 Å². The molecule has 1 aromatic rings. The van der Waals surface area contributed by atoms with E-state index in [-0.39, 0.29) is 12.2 Å². The molecule has 1 aliphatic carbocycles. The molecule has 0 radical (unpaired) electrons. The molecule has 1 fully saturated rings. The molecule has 1 aliphatic rings. The van der Waals surface area contributed by atoms with Gasteiger partial charge in [0.2, 0.25) is 0 Å². The standard InChI is InChI=1S/C11H11FN2O4/c12-7-1-2-8(9(5-7)14(17)18)10(16)13-11(6-15)3-4-11/h1-2,5,15H,3-4,6H2,(H,13,16). The molecule has 0 atom stereocenters. The van der Waals surface area contributed by atoms with Crippen LogP contribution < -0.4 is 5.32 Å². The van der Waals surface area contributed by atoms with Gasteiger partial charge in [-0.15, -0.1) is 0 Å². The highest BCUT2D eigenvalue weighted by molar-refractivity contribution is 5.98. The number of nitro groups is 1. The number of rotatable bonds is 4. The maximum Gasteiger partial charge on any atom is 0.285 e. The van der Waals surface area contributed by atoms with Crippen LogP contribution in [0.5, 0.6) is 0 Å². The average Bonchev–Trinajstić information content (AvgIpc) is 3.09. The van der Waals surface area contributed by atoms with Gasteiger partial charge in [0.1, 0.15) is 11.4 Å². The number of nitrogens with one attached hydrogen (secondary N) is 1. The van der Waals surface area contributed by atoms with Gasteiger partial charge in [-0.3, -0.25) is 14.9 Å². The van der Waals surface area contributed by atoms with E-state index in [0.717, 1.165) is 12.1 Å². The van der Waals surface area contributed by atoms with Crippen LogP contribution in [0.1, 0.15) is 23.2 Å². The zero-order chi connectivity index (χ0) is 13.3. The predicted octanol–water partition coefficient (Wildman–Crippen LogP) is 0.989. The maximum atomic E-state index is 12.9. The van der Waals surface area contributed by atoms with Gasteiger partial charge in [0.25, 0.3) is 11.6 Å². The van der Waals surface area contributed by atoms with Crippen LogP contribution in [-0.2, 0) is 0 Å². The molecule has 1 amide bonds. The summed E-state index contributed by atoms with van der Waals surface area (Å²) in [4.78, 5) is 21.8. The van der Waals surface area contributed by atoms with Crippen molar-refractivity contribution < 1.29 is 19.2 Å². The Kier molecular flexibility index (Phi) is 3.00. The molecule has 6 nitrogen and oxygen atoms in total. The van der Waals surface area contributed by atoms with Gasteiger partial charge in [0.05, 0.1) is 23.1 Å². The number of carbonyl (C=O) groups is 1. The smallest absolute Gasteiger partial charge is 0.285 e. The minimum Gasteiger partial charge on any atom is -0.394 e. The van der Waals surface area contributed by atoms with Crippen LogP contribution in [0.3, 0.4) is 0 Å². The van der Waals surface area contributed by atoms with Gasteiger partial charge in [-0.25, -0.2) is 4.39 Å². The van der Waals surface area contributed by atoms with Gasteiger partial charge >= 0.3 is 0 Å². The van der Waals surface area contributed by atoms with Crippen molar-refractivity contribution >= 4 is 11.6 Å². The zero-order valence-electron chi connectivity index (χ0n) is 9.35. The first-order chi connectivity index (χ1) is 8.47. The molecule has 0 spiro atoms. The SMILES string of the molecule is O=C(NC1(CO)CC1)c1ccc(F)cc1[N+](=O)[O-]. The fraction of sp³-hybridized carbons (Fsp3) is 0.364. The Morgan fingerprint density at radius 3 is 2.72 bits per heavy atom. The van der Waals surface area contributed by atoms with Crippen molar-refractivity contribution in [3.05, 3.63) is 39.7 Å². The van der Waals surface area contributed by atoms with Crippen LogP contribution >= 0.6 is 0 Å². The molecule has 0 unspecified atom stereocenters. The Labute approximate surface area is 102 Å². The fourth-order valence-electron chi connectivity index (χ4n) is 1.63. The van der Waals surface area contributed by atoms with E-state index >= 15 is 0 Å². The van der Waals surface area contributed by atoms with E-state index in [1.54, 1.807) is 0 Å². The third kappa shape index (κ3) is 2.30. The van der Waals surface area contributed by atoms with E-state index in [4.69, 9.17) is 5.11 Å². The lowest BCUT2D eigenvalue weighted by atomic mass is 10.1. The Morgan fingerprint density at radius 2 is 2.22 bits per heavy atom. The van der Waals surface area contributed by atoms with Crippen molar-refractivity contribution in [3.63, 3.8) is 0 Å². The number of hydrogen-bond donors (Lipinski definition) is 2. The molecule has 2 rings (SSSR count). The Hall–Kier alpha value is -2.02. The number of aliphatic hydroxyl groups excluding tert-OH is 1. The van der Waals surface area contributed by atoms with Crippen molar-refractivity contribution in [2.24, 2.45) is 0 Å². The second kappa shape index (κ2) is 4.34. The molecular formula is C11H11FN2O4. The minimum absolute atomic E-state index is 0.207. The first kappa shape index (κ1) is 12.4. The summed E-state index contributed by atoms with van der Waals surface area (Å²) in [5.74, 6) is -1.45. The number of nitrogens with zero attached hydrogens (tertiary/aromatic N) is 1. The molecule has 0 heterocycles. The second-order valence-corrected chi connectivity index (χ2v) is 4.31. The van der Waals surface area contributed by atoms with Crippen LogP contribution in [-0.4, -0.2) is 28.1 Å². The predicted molar refractivity (Wildman–Crippen MR) is 59.6 cm³/mol. The average molecular weight is 254 g/mol. The van der Waals surface area contributed by atoms with Gasteiger partial charge in [0, 0.05) is 0 Å². The molecule has 1 aromatic carbocycles. The van der Waals surface area contributed by atoms with Crippen molar-refractivity contribution in [2.45, 2.75) is 18.4 Å². The molecule has 2 N–H and O–H groups in total. The molecule has 0 aliphatic heterocycles. The van der Waals surface area contributed by atoms with Gasteiger partial charge in [-0.2, -0.15) is 0 Å². The lowest BCUT2D eigenvalue weighted by Crippen LogP contribution is -2.39. The summed E-state index contributed by atoms with van der Waals surface area (Å²) in [6.45, 7) is -0.215. The largest absolute Gasteiger partial charge is 0.394 e. The first-order valence-corrected chi connectivity index (χ1v) is 5.35. The topological polar surface area (TPSA) is 92.5 Å². The summed E-state index contributed by atoms with van der Waals surface area (Å²) in [6.07, 6.45) is 1.26. The number of hydrogen-bond acceptors (Lipinski definition) is 4. The van der Waals surface area contributed by atoms with E-state index < -0.39 is 27.9 Å². The van der Waals surface area contributed by atoms with Crippen molar-refractivity contribution in [2.75, 3.05) is 6.61 Å². The number of benzene rings is 1. The highest BCUT2D eigenvalue weighted by Crippen LogP contribution is 2.35. The summed E-state index contributed by atoms with van der Waals surface area (Å²) in [5.41, 5.74) is -1.46. The van der Waals surface area contributed by atoms with Crippen molar-refractivity contribution in [1.82, 2.24) is 5.32 Å². The zero-order valence-corrected chi connectivity index (χ0v) is 9.35. The number of nitro benzene ring substituents is 1. The van der Waals surface area contributed by atoms with Gasteiger partial charge in [-0.05, 0) is 25.0 Å². The molecule has 0 saturated heterocycles. The molecular weight excluding hydrogens is 243 g/mol. The van der Waals surface area contributed by atoms with Crippen LogP contribution in [0.2, 0.25) is 0 Å². The molecule has 0 aromatic heterocycles. The Bertz CT molecular complexity index is 514. The summed E-state index contributed by atoms with van der Waals surface area (Å²) in [7, 11) is 0. The van der Waals surface area contributed by atoms with E-state index in [1.807, 2.05) is 0 Å². The van der Waals surface area contributed by atoms with E-state index in [1.165, 1.54) is 0 Å². The van der Waals surface area contributed by atoms with Crippen LogP contribution in [0.25, 0.3) is 0 Å². The molecule has 7 heteroatoms. The minimum atomic E-state index is -0.809. The fourth-order valence-corrected chi connectivity index (χ4v) is 1.63. The lowest BCUT2D eigenvalue weighted by molar-refractivity contribution is -0.385. The molecule has 1 saturated carbocycles. The summed E-state index contributed by atoms with van der Waals surface area (Å²) in [5, 5.41) is 22.3. The number of amides is 1. The lowest BCUT2D eigenvalue weighted by Gasteiger charge is -2.14. The van der Waals surface area contributed by atoms with Crippen molar-refractivity contribution in [1.29, 1.82) is 0 Å². The number of aliphatic hydroxyl groups is 1. The third-order valence-corrected chi connectivity index (χ3v) is 2.94. The summed E-state index contributed by atoms with van der Waals surface area (Å²) >= 11 is 0. The summed E-state index contributed by atoms with van der Waals surface area (Å²) in [6, 6.07) is 2.75. The number of carbonyl (C=O) groups excluding carboxylic acids is 1. The maximum absolute atomic E-state index is 12.9. The van der Waals surface area contributed by atoms with Gasteiger partial charge in [-0.1, -0.05) is 0 Å². The highest BCUT2D eigenvalue weighted by Gasteiger charge is 2.44. The quantitative estimate of drug-likeness (QED) is 0.619. The van der Waals surface area contributed by atoms with Crippen LogP contribution in [0.4, 0.5) is 10.1 Å². The normalized spacial score (nSPS) is 16.1. The van der Waals surface area contributed by atoms with E-state index in [9.17, 15) is 19.3 Å². The first-order valence-electron chi connectivity index (χ1n) is 5.35. The molecule has 0 bridgehead atoms. The van der Waals surface area contributed by atoms with Crippen LogP contribution in [0, 0.1) is 15.9 Å². The number of halogens is 1. The molecule has 96 valence electrons. The Balaban J connectivity index is 2.27. The monoisotopic (exact) mass is 254 g/mol. The molecule has 18 heavy (non-hydrogen) atoms. The third-order valence-electron chi connectivity index (χ3n) is 2.94. The van der Waals surface area contributed by atoms with Crippen LogP contribution in [0.15, 0.2) is 18.2 Å². The second-order valence-electron chi connectivity index (χ2n) is 4.31. The van der Waals surface area contributed by atoms with E-state index in [0.29, 0.717) is 18.9 Å². The Morgan fingerprint density at radius 1 is 1.56 bits per heavy atom.